The highest BCUT2D eigenvalue weighted by Crippen LogP contribution is 2.29. The van der Waals surface area contributed by atoms with Crippen molar-refractivity contribution in [2.24, 2.45) is 5.92 Å². The first-order valence-corrected chi connectivity index (χ1v) is 14.9. The Hall–Kier alpha value is -1.90. The summed E-state index contributed by atoms with van der Waals surface area (Å²) in [6.45, 7) is 3.04. The molecule has 0 N–H and O–H groups in total. The van der Waals surface area contributed by atoms with E-state index in [1.807, 2.05) is 24.4 Å². The minimum atomic E-state index is 0.761. The summed E-state index contributed by atoms with van der Waals surface area (Å²) in [5.41, 5.74) is 2.22. The minimum absolute atomic E-state index is 0.761. The average Bonchev–Trinajstić information content (AvgIpc) is 3.42. The highest BCUT2D eigenvalue weighted by molar-refractivity contribution is 5.55. The number of aryl methyl sites for hydroxylation is 1. The monoisotopic (exact) mass is 478 g/mol. The lowest BCUT2D eigenvalue weighted by molar-refractivity contribution is 0.289. The fourth-order valence-corrected chi connectivity index (χ4v) is 5.40. The van der Waals surface area contributed by atoms with Gasteiger partial charge in [0.15, 0.2) is 5.82 Å². The van der Waals surface area contributed by atoms with E-state index in [1.54, 1.807) is 0 Å². The molecule has 0 atom stereocenters. The number of benzene rings is 1. The number of hydrogen-bond acceptors (Lipinski definition) is 3. The molecule has 2 aromatic rings. The molecule has 1 heterocycles. The summed E-state index contributed by atoms with van der Waals surface area (Å²) in [7, 11) is 0. The standard InChI is InChI=1S/C32H50N2O/c1-2-3-4-5-6-10-14-25-30-27-33-31(29-23-15-12-16-24-29)34-32(30)35-26-19-11-8-7-9-13-20-28-21-17-18-22-28/h12,15-16,23-24,27-28H,2-11,13-14,17-22,25-26H2,1H3. The van der Waals surface area contributed by atoms with Gasteiger partial charge in [-0.15, -0.1) is 0 Å². The molecule has 3 rings (SSSR count). The van der Waals surface area contributed by atoms with Crippen molar-refractivity contribution in [3.8, 4) is 17.3 Å². The topological polar surface area (TPSA) is 35.0 Å². The maximum absolute atomic E-state index is 6.25. The first-order chi connectivity index (χ1) is 17.4. The minimum Gasteiger partial charge on any atom is -0.477 e. The summed E-state index contributed by atoms with van der Waals surface area (Å²) < 4.78 is 6.25. The van der Waals surface area contributed by atoms with Gasteiger partial charge in [-0.25, -0.2) is 4.98 Å². The molecule has 3 nitrogen and oxygen atoms in total. The number of nitrogens with zero attached hydrogens (tertiary/aromatic N) is 2. The maximum atomic E-state index is 6.25. The van der Waals surface area contributed by atoms with Gasteiger partial charge in [0, 0.05) is 17.3 Å². The van der Waals surface area contributed by atoms with E-state index in [-0.39, 0.29) is 0 Å². The first-order valence-electron chi connectivity index (χ1n) is 14.9. The fourth-order valence-electron chi connectivity index (χ4n) is 5.40. The van der Waals surface area contributed by atoms with Crippen LogP contribution in [0.3, 0.4) is 0 Å². The zero-order valence-corrected chi connectivity index (χ0v) is 22.5. The summed E-state index contributed by atoms with van der Waals surface area (Å²) in [5, 5.41) is 0. The molecule has 0 bridgehead atoms. The average molecular weight is 479 g/mol. The molecule has 1 aromatic heterocycles. The lowest BCUT2D eigenvalue weighted by Gasteiger charge is -2.12. The zero-order chi connectivity index (χ0) is 24.4. The van der Waals surface area contributed by atoms with Gasteiger partial charge in [0.25, 0.3) is 0 Å². The molecule has 0 unspecified atom stereocenters. The second kappa shape index (κ2) is 17.5. The van der Waals surface area contributed by atoms with Gasteiger partial charge in [-0.1, -0.05) is 140 Å². The van der Waals surface area contributed by atoms with Gasteiger partial charge in [0.05, 0.1) is 6.61 Å². The fraction of sp³-hybridized carbons (Fsp3) is 0.688. The van der Waals surface area contributed by atoms with E-state index >= 15 is 0 Å². The highest BCUT2D eigenvalue weighted by Gasteiger charge is 2.14. The largest absolute Gasteiger partial charge is 0.477 e. The molecular formula is C32H50N2O. The Labute approximate surface area is 215 Å². The van der Waals surface area contributed by atoms with E-state index in [0.717, 1.165) is 42.6 Å². The Kier molecular flexibility index (Phi) is 13.9. The third-order valence-electron chi connectivity index (χ3n) is 7.63. The molecule has 3 heteroatoms. The summed E-state index contributed by atoms with van der Waals surface area (Å²) in [6.07, 6.45) is 27.6. The lowest BCUT2D eigenvalue weighted by atomic mass is 9.99. The van der Waals surface area contributed by atoms with E-state index < -0.39 is 0 Å². The van der Waals surface area contributed by atoms with Gasteiger partial charge in [-0.2, -0.15) is 4.98 Å². The SMILES string of the molecule is CCCCCCCCCc1cnc(-c2ccccc2)nc1OCCCCCCCCC1CCCC1. The van der Waals surface area contributed by atoms with Crippen LogP contribution in [0.2, 0.25) is 0 Å². The molecule has 0 radical (unpaired) electrons. The van der Waals surface area contributed by atoms with Gasteiger partial charge in [0.2, 0.25) is 5.88 Å². The van der Waals surface area contributed by atoms with Crippen LogP contribution in [0.4, 0.5) is 0 Å². The van der Waals surface area contributed by atoms with Crippen molar-refractivity contribution in [1.29, 1.82) is 0 Å². The van der Waals surface area contributed by atoms with E-state index in [1.165, 1.54) is 115 Å². The smallest absolute Gasteiger partial charge is 0.220 e. The van der Waals surface area contributed by atoms with Crippen molar-refractivity contribution < 1.29 is 4.74 Å². The van der Waals surface area contributed by atoms with Gasteiger partial charge >= 0.3 is 0 Å². The summed E-state index contributed by atoms with van der Waals surface area (Å²) in [4.78, 5) is 9.52. The summed E-state index contributed by atoms with van der Waals surface area (Å²) in [5.74, 6) is 2.62. The Morgan fingerprint density at radius 1 is 0.771 bits per heavy atom. The third kappa shape index (κ3) is 11.1. The highest BCUT2D eigenvalue weighted by atomic mass is 16.5. The van der Waals surface area contributed by atoms with E-state index in [4.69, 9.17) is 9.72 Å². The van der Waals surface area contributed by atoms with Gasteiger partial charge in [-0.3, -0.25) is 0 Å². The van der Waals surface area contributed by atoms with Crippen LogP contribution < -0.4 is 4.74 Å². The van der Waals surface area contributed by atoms with Crippen LogP contribution >= 0.6 is 0 Å². The molecule has 1 aliphatic carbocycles. The van der Waals surface area contributed by atoms with Crippen molar-refractivity contribution in [3.05, 3.63) is 42.1 Å². The maximum Gasteiger partial charge on any atom is 0.220 e. The molecule has 0 saturated heterocycles. The molecule has 1 aliphatic rings. The van der Waals surface area contributed by atoms with Crippen LogP contribution in [0.25, 0.3) is 11.4 Å². The van der Waals surface area contributed by atoms with Crippen molar-refractivity contribution in [1.82, 2.24) is 9.97 Å². The van der Waals surface area contributed by atoms with Gasteiger partial charge in [0.1, 0.15) is 0 Å². The van der Waals surface area contributed by atoms with E-state index in [2.05, 4.69) is 24.0 Å². The van der Waals surface area contributed by atoms with Crippen LogP contribution in [0.15, 0.2) is 36.5 Å². The molecule has 1 saturated carbocycles. The van der Waals surface area contributed by atoms with Gasteiger partial charge < -0.3 is 4.74 Å². The second-order valence-corrected chi connectivity index (χ2v) is 10.7. The van der Waals surface area contributed by atoms with Crippen molar-refractivity contribution in [2.45, 2.75) is 129 Å². The molecule has 0 aliphatic heterocycles. The lowest BCUT2D eigenvalue weighted by Crippen LogP contribution is -2.05. The third-order valence-corrected chi connectivity index (χ3v) is 7.63. The first kappa shape index (κ1) is 27.7. The Morgan fingerprint density at radius 2 is 1.43 bits per heavy atom. The number of rotatable bonds is 19. The van der Waals surface area contributed by atoms with Crippen molar-refractivity contribution >= 4 is 0 Å². The molecule has 35 heavy (non-hydrogen) atoms. The number of ether oxygens (including phenoxy) is 1. The van der Waals surface area contributed by atoms with Crippen LogP contribution in [0.1, 0.15) is 128 Å². The molecule has 194 valence electrons. The van der Waals surface area contributed by atoms with E-state index in [0.29, 0.717) is 0 Å². The van der Waals surface area contributed by atoms with Crippen LogP contribution in [-0.2, 0) is 6.42 Å². The predicted octanol–water partition coefficient (Wildman–Crippen LogP) is 9.74. The Bertz CT molecular complexity index is 785. The summed E-state index contributed by atoms with van der Waals surface area (Å²) >= 11 is 0. The quantitative estimate of drug-likeness (QED) is 0.188. The number of hydrogen-bond donors (Lipinski definition) is 0. The Balaban J connectivity index is 1.38. The molecule has 1 aromatic carbocycles. The second-order valence-electron chi connectivity index (χ2n) is 10.7. The predicted molar refractivity (Wildman–Crippen MR) is 149 cm³/mol. The zero-order valence-electron chi connectivity index (χ0n) is 22.5. The van der Waals surface area contributed by atoms with E-state index in [9.17, 15) is 0 Å². The van der Waals surface area contributed by atoms with Crippen molar-refractivity contribution in [3.63, 3.8) is 0 Å². The molecule has 1 fully saturated rings. The normalized spacial score (nSPS) is 14.0. The number of aromatic nitrogens is 2. The van der Waals surface area contributed by atoms with Crippen molar-refractivity contribution in [2.75, 3.05) is 6.61 Å². The number of unbranched alkanes of at least 4 members (excludes halogenated alkanes) is 11. The molecule has 0 amide bonds. The molecular weight excluding hydrogens is 428 g/mol. The molecule has 0 spiro atoms. The van der Waals surface area contributed by atoms with Crippen LogP contribution in [0.5, 0.6) is 5.88 Å². The van der Waals surface area contributed by atoms with Crippen LogP contribution in [0, 0.1) is 5.92 Å². The van der Waals surface area contributed by atoms with Gasteiger partial charge in [-0.05, 0) is 25.2 Å². The van der Waals surface area contributed by atoms with Crippen LogP contribution in [-0.4, -0.2) is 16.6 Å². The Morgan fingerprint density at radius 3 is 2.17 bits per heavy atom. The summed E-state index contributed by atoms with van der Waals surface area (Å²) in [6, 6.07) is 10.3.